The molecular formula is C33H45NO6S. The molecule has 2 unspecified atom stereocenters. The number of allylic oxidation sites excluding steroid dienone is 1. The average molecular weight is 584 g/mol. The molecule has 1 aromatic carbocycles. The Morgan fingerprint density at radius 2 is 1.98 bits per heavy atom. The van der Waals surface area contributed by atoms with E-state index in [1.807, 2.05) is 39.0 Å². The van der Waals surface area contributed by atoms with Gasteiger partial charge in [-0.3, -0.25) is 9.59 Å². The minimum absolute atomic E-state index is 0.0723. The number of aryl methyl sites for hydroxylation is 1. The van der Waals surface area contributed by atoms with Gasteiger partial charge in [-0.15, -0.1) is 17.9 Å². The highest BCUT2D eigenvalue weighted by molar-refractivity contribution is 7.18. The van der Waals surface area contributed by atoms with Crippen molar-refractivity contribution in [2.45, 2.75) is 110 Å². The van der Waals surface area contributed by atoms with E-state index < -0.39 is 35.6 Å². The molecule has 2 aliphatic heterocycles. The summed E-state index contributed by atoms with van der Waals surface area (Å²) in [5.74, 6) is -1.69. The fraction of sp³-hybridized carbons (Fsp3) is 0.606. The number of rotatable bonds is 4. The zero-order valence-corrected chi connectivity index (χ0v) is 26.0. The number of nitrogens with zero attached hydrogens (tertiary/aromatic N) is 1. The van der Waals surface area contributed by atoms with Crippen LogP contribution in [0.1, 0.15) is 83.7 Å². The number of hydrogen-bond acceptors (Lipinski definition) is 8. The fourth-order valence-electron chi connectivity index (χ4n) is 6.02. The predicted molar refractivity (Wildman–Crippen MR) is 163 cm³/mol. The maximum atomic E-state index is 13.6. The van der Waals surface area contributed by atoms with Gasteiger partial charge in [-0.1, -0.05) is 45.4 Å². The van der Waals surface area contributed by atoms with Gasteiger partial charge in [-0.25, -0.2) is 4.98 Å². The molecular weight excluding hydrogens is 538 g/mol. The molecule has 0 spiro atoms. The number of hydrogen-bond donors (Lipinski definition) is 2. The van der Waals surface area contributed by atoms with Crippen LogP contribution in [-0.2, 0) is 19.1 Å². The van der Waals surface area contributed by atoms with E-state index in [0.29, 0.717) is 12.8 Å². The summed E-state index contributed by atoms with van der Waals surface area (Å²) >= 11 is 1.65. The highest BCUT2D eigenvalue weighted by Gasteiger charge is 2.53. The molecule has 2 fully saturated rings. The maximum absolute atomic E-state index is 13.6. The number of Topliss-reactive ketones (excluding diaryl/α,β-unsaturated/α-hetero) is 1. The molecule has 3 heterocycles. The fourth-order valence-corrected chi connectivity index (χ4v) is 6.83. The molecule has 224 valence electrons. The number of esters is 1. The Bertz CT molecular complexity index is 1310. The second-order valence-corrected chi connectivity index (χ2v) is 14.0. The number of aromatic nitrogens is 1. The van der Waals surface area contributed by atoms with Crippen LogP contribution in [-0.4, -0.2) is 57.0 Å². The van der Waals surface area contributed by atoms with Crippen molar-refractivity contribution < 1.29 is 29.3 Å². The number of carbonyl (C=O) groups is 2. The number of thiazole rings is 1. The summed E-state index contributed by atoms with van der Waals surface area (Å²) in [6, 6.07) is 6.12. The Hall–Kier alpha value is -2.39. The number of benzene rings is 1. The lowest BCUT2D eigenvalue weighted by Gasteiger charge is -2.35. The highest BCUT2D eigenvalue weighted by atomic mass is 32.1. The zero-order chi connectivity index (χ0) is 30.1. The summed E-state index contributed by atoms with van der Waals surface area (Å²) in [4.78, 5) is 31.5. The van der Waals surface area contributed by atoms with Crippen molar-refractivity contribution in [3.05, 3.63) is 47.0 Å². The van der Waals surface area contributed by atoms with E-state index in [2.05, 4.69) is 24.6 Å². The van der Waals surface area contributed by atoms with Crippen molar-refractivity contribution in [2.24, 2.45) is 17.3 Å². The molecule has 8 heteroatoms. The molecule has 2 aromatic rings. The lowest BCUT2D eigenvalue weighted by atomic mass is 9.71. The van der Waals surface area contributed by atoms with Crippen molar-refractivity contribution in [3.8, 4) is 0 Å². The van der Waals surface area contributed by atoms with Gasteiger partial charge in [0.2, 0.25) is 0 Å². The first-order valence-electron chi connectivity index (χ1n) is 14.7. The van der Waals surface area contributed by atoms with Crippen molar-refractivity contribution >= 4 is 39.4 Å². The van der Waals surface area contributed by atoms with E-state index in [9.17, 15) is 19.8 Å². The summed E-state index contributed by atoms with van der Waals surface area (Å²) < 4.78 is 13.3. The number of ether oxygens (including phenoxy) is 2. The molecule has 2 aliphatic rings. The summed E-state index contributed by atoms with van der Waals surface area (Å²) in [7, 11) is 0. The van der Waals surface area contributed by atoms with Gasteiger partial charge in [-0.2, -0.15) is 0 Å². The number of fused-ring (bicyclic) bond motifs is 2. The van der Waals surface area contributed by atoms with E-state index in [4.69, 9.17) is 9.47 Å². The second kappa shape index (κ2) is 12.5. The van der Waals surface area contributed by atoms with Crippen molar-refractivity contribution in [3.63, 3.8) is 0 Å². The van der Waals surface area contributed by atoms with Gasteiger partial charge in [-0.05, 0) is 69.2 Å². The normalized spacial score (nSPS) is 33.7. The quantitative estimate of drug-likeness (QED) is 0.251. The standard InChI is InChI=1S/C33H45NO6S/c1-8-10-23-30(37)19(2)11-9-14-33(7)28(40-33)17-25(39-29(36)18-27(35)32(5,6)31(23)38)20(3)15-22-12-13-26-24(16-22)34-21(4)41-26/h8,12-13,15-16,19,23,25,27-28,30,35,37H,1,9-11,14,17-18H2,2-7H3/b20-15+/t19-,23+,25-,27-,28?,30+,33?/m0/s1. The maximum Gasteiger partial charge on any atom is 0.309 e. The van der Waals surface area contributed by atoms with Crippen molar-refractivity contribution in [2.75, 3.05) is 0 Å². The molecule has 41 heavy (non-hydrogen) atoms. The molecule has 2 saturated heterocycles. The molecule has 4 rings (SSSR count). The Labute approximate surface area is 247 Å². The monoisotopic (exact) mass is 583 g/mol. The van der Waals surface area contributed by atoms with Crippen LogP contribution in [0, 0.1) is 24.2 Å². The third kappa shape index (κ3) is 7.16. The van der Waals surface area contributed by atoms with Crippen molar-refractivity contribution in [1.82, 2.24) is 4.98 Å². The molecule has 0 amide bonds. The van der Waals surface area contributed by atoms with Gasteiger partial charge in [0, 0.05) is 12.3 Å². The number of epoxide rings is 1. The molecule has 0 saturated carbocycles. The Morgan fingerprint density at radius 3 is 2.68 bits per heavy atom. The molecule has 1 aromatic heterocycles. The lowest BCUT2D eigenvalue weighted by molar-refractivity contribution is -0.154. The topological polar surface area (TPSA) is 109 Å². The van der Waals surface area contributed by atoms with E-state index >= 15 is 0 Å². The lowest BCUT2D eigenvalue weighted by Crippen LogP contribution is -2.46. The molecule has 7 nitrogen and oxygen atoms in total. The molecule has 0 radical (unpaired) electrons. The minimum Gasteiger partial charge on any atom is -0.458 e. The molecule has 2 N–H and O–H groups in total. The molecule has 0 aliphatic carbocycles. The van der Waals surface area contributed by atoms with Gasteiger partial charge in [0.15, 0.2) is 0 Å². The molecule has 7 atom stereocenters. The first kappa shape index (κ1) is 31.5. The SMILES string of the molecule is C=CC[C@H]1C(=O)C(C)(C)[C@@H](O)CC(=O)O[C@H](/C(C)=C/c2ccc3sc(C)nc3c2)CC2OC2(C)CCC[C@H](C)[C@H]1O. The van der Waals surface area contributed by atoms with Crippen LogP contribution in [0.3, 0.4) is 0 Å². The van der Waals surface area contributed by atoms with Crippen molar-refractivity contribution in [1.29, 1.82) is 0 Å². The van der Waals surface area contributed by atoms with Crippen LogP contribution in [0.5, 0.6) is 0 Å². The van der Waals surface area contributed by atoms with E-state index in [-0.39, 0.29) is 29.8 Å². The van der Waals surface area contributed by atoms with Crippen LogP contribution in [0.15, 0.2) is 36.4 Å². The number of cyclic esters (lactones) is 1. The first-order chi connectivity index (χ1) is 19.2. The number of aliphatic hydroxyl groups excluding tert-OH is 2. The predicted octanol–water partition coefficient (Wildman–Crippen LogP) is 6.19. The van der Waals surface area contributed by atoms with Crippen LogP contribution >= 0.6 is 11.3 Å². The van der Waals surface area contributed by atoms with Crippen LogP contribution in [0.4, 0.5) is 0 Å². The van der Waals surface area contributed by atoms with Crippen LogP contribution < -0.4 is 0 Å². The molecule has 0 bridgehead atoms. The Balaban J connectivity index is 1.61. The highest BCUT2D eigenvalue weighted by Crippen LogP contribution is 2.45. The van der Waals surface area contributed by atoms with Gasteiger partial charge >= 0.3 is 5.97 Å². The number of carbonyl (C=O) groups excluding carboxylic acids is 2. The van der Waals surface area contributed by atoms with Gasteiger partial charge < -0.3 is 19.7 Å². The zero-order valence-electron chi connectivity index (χ0n) is 25.2. The largest absolute Gasteiger partial charge is 0.458 e. The minimum atomic E-state index is -1.27. The van der Waals surface area contributed by atoms with Gasteiger partial charge in [0.25, 0.3) is 0 Å². The summed E-state index contributed by atoms with van der Waals surface area (Å²) in [5, 5.41) is 23.3. The summed E-state index contributed by atoms with van der Waals surface area (Å²) in [5.41, 5.74) is 1.18. The first-order valence-corrected chi connectivity index (χ1v) is 15.5. The van der Waals surface area contributed by atoms with Gasteiger partial charge in [0.05, 0.1) is 51.0 Å². The third-order valence-electron chi connectivity index (χ3n) is 9.07. The third-order valence-corrected chi connectivity index (χ3v) is 10.0. The Morgan fingerprint density at radius 1 is 1.24 bits per heavy atom. The average Bonchev–Trinajstić information content (AvgIpc) is 3.37. The van der Waals surface area contributed by atoms with Crippen LogP contribution in [0.2, 0.25) is 0 Å². The van der Waals surface area contributed by atoms with E-state index in [0.717, 1.165) is 45.6 Å². The summed E-state index contributed by atoms with van der Waals surface area (Å²) in [6.45, 7) is 15.0. The number of aliphatic hydroxyl groups is 2. The van der Waals surface area contributed by atoms with E-state index in [1.54, 1.807) is 31.3 Å². The summed E-state index contributed by atoms with van der Waals surface area (Å²) in [6.07, 6.45) is 3.73. The smallest absolute Gasteiger partial charge is 0.309 e. The van der Waals surface area contributed by atoms with Crippen LogP contribution in [0.25, 0.3) is 16.3 Å². The van der Waals surface area contributed by atoms with E-state index in [1.165, 1.54) is 0 Å². The Kier molecular flexibility index (Phi) is 9.58. The number of ketones is 1. The second-order valence-electron chi connectivity index (χ2n) is 12.8. The van der Waals surface area contributed by atoms with Gasteiger partial charge in [0.1, 0.15) is 11.9 Å².